The molecule has 0 radical (unpaired) electrons. The molecule has 0 fully saturated rings. The molecule has 1 N–H and O–H groups in total. The van der Waals surface area contributed by atoms with E-state index < -0.39 is 11.7 Å². The standard InChI is InChI=1S/C16H12Cl2FNO3/c17-11-6-9(19)2-3-10(11)16(21)20-13-8-15-14(7-12(13)18)22-4-1-5-23-15/h2-3,6-8H,1,4-5H2,(H,20,21). The Bertz CT molecular complexity index is 767. The van der Waals surface area contributed by atoms with E-state index in [1.54, 1.807) is 12.1 Å². The average molecular weight is 356 g/mol. The van der Waals surface area contributed by atoms with Gasteiger partial charge < -0.3 is 14.8 Å². The molecule has 1 aliphatic heterocycles. The Labute approximate surface area is 142 Å². The molecule has 3 rings (SSSR count). The van der Waals surface area contributed by atoms with Crippen molar-refractivity contribution in [3.8, 4) is 11.5 Å². The molecular formula is C16H12Cl2FNO3. The molecule has 2 aromatic carbocycles. The predicted octanol–water partition coefficient (Wildman–Crippen LogP) is 4.55. The first-order valence-corrected chi connectivity index (χ1v) is 7.66. The molecule has 0 aromatic heterocycles. The summed E-state index contributed by atoms with van der Waals surface area (Å²) in [6.45, 7) is 1.06. The third-order valence-corrected chi connectivity index (χ3v) is 3.89. The van der Waals surface area contributed by atoms with Crippen LogP contribution < -0.4 is 14.8 Å². The molecule has 0 unspecified atom stereocenters. The molecular weight excluding hydrogens is 344 g/mol. The lowest BCUT2D eigenvalue weighted by molar-refractivity contribution is 0.102. The van der Waals surface area contributed by atoms with Crippen molar-refractivity contribution in [1.82, 2.24) is 0 Å². The number of carbonyl (C=O) groups excluding carboxylic acids is 1. The van der Waals surface area contributed by atoms with Gasteiger partial charge in [-0.1, -0.05) is 23.2 Å². The van der Waals surface area contributed by atoms with E-state index in [9.17, 15) is 9.18 Å². The van der Waals surface area contributed by atoms with E-state index >= 15 is 0 Å². The summed E-state index contributed by atoms with van der Waals surface area (Å²) in [7, 11) is 0. The summed E-state index contributed by atoms with van der Waals surface area (Å²) in [5.74, 6) is 0.0317. The highest BCUT2D eigenvalue weighted by atomic mass is 35.5. The molecule has 0 aliphatic carbocycles. The minimum atomic E-state index is -0.514. The number of benzene rings is 2. The van der Waals surface area contributed by atoms with Crippen molar-refractivity contribution in [1.29, 1.82) is 0 Å². The van der Waals surface area contributed by atoms with Gasteiger partial charge in [0.15, 0.2) is 11.5 Å². The van der Waals surface area contributed by atoms with Crippen LogP contribution in [0.5, 0.6) is 11.5 Å². The summed E-state index contributed by atoms with van der Waals surface area (Å²) < 4.78 is 24.1. The maximum Gasteiger partial charge on any atom is 0.257 e. The van der Waals surface area contributed by atoms with Gasteiger partial charge in [0.1, 0.15) is 5.82 Å². The summed E-state index contributed by atoms with van der Waals surface area (Å²) >= 11 is 12.1. The van der Waals surface area contributed by atoms with E-state index in [0.29, 0.717) is 35.4 Å². The molecule has 120 valence electrons. The fraction of sp³-hybridized carbons (Fsp3) is 0.188. The Balaban J connectivity index is 1.87. The largest absolute Gasteiger partial charge is 0.490 e. The van der Waals surface area contributed by atoms with Crippen LogP contribution in [0.1, 0.15) is 16.8 Å². The van der Waals surface area contributed by atoms with Gasteiger partial charge in [-0.15, -0.1) is 0 Å². The summed E-state index contributed by atoms with van der Waals surface area (Å²) in [4.78, 5) is 12.3. The number of rotatable bonds is 2. The van der Waals surface area contributed by atoms with Gasteiger partial charge in [0.25, 0.3) is 5.91 Å². The highest BCUT2D eigenvalue weighted by molar-refractivity contribution is 6.36. The van der Waals surface area contributed by atoms with E-state index in [1.807, 2.05) is 0 Å². The number of carbonyl (C=O) groups is 1. The number of fused-ring (bicyclic) bond motifs is 1. The monoisotopic (exact) mass is 355 g/mol. The van der Waals surface area contributed by atoms with Crippen molar-refractivity contribution in [2.45, 2.75) is 6.42 Å². The van der Waals surface area contributed by atoms with E-state index in [0.717, 1.165) is 18.6 Å². The highest BCUT2D eigenvalue weighted by Crippen LogP contribution is 2.38. The van der Waals surface area contributed by atoms with Crippen LogP contribution >= 0.6 is 23.2 Å². The Hall–Kier alpha value is -1.98. The van der Waals surface area contributed by atoms with Crippen molar-refractivity contribution < 1.29 is 18.7 Å². The van der Waals surface area contributed by atoms with Crippen LogP contribution in [0.3, 0.4) is 0 Å². The third kappa shape index (κ3) is 3.51. The first-order valence-electron chi connectivity index (χ1n) is 6.90. The van der Waals surface area contributed by atoms with Gasteiger partial charge in [-0.05, 0) is 18.2 Å². The second-order valence-electron chi connectivity index (χ2n) is 4.91. The van der Waals surface area contributed by atoms with Crippen molar-refractivity contribution in [2.24, 2.45) is 0 Å². The molecule has 4 nitrogen and oxygen atoms in total. The fourth-order valence-electron chi connectivity index (χ4n) is 2.14. The lowest BCUT2D eigenvalue weighted by Gasteiger charge is -2.13. The topological polar surface area (TPSA) is 47.6 Å². The number of ether oxygens (including phenoxy) is 2. The van der Waals surface area contributed by atoms with Crippen LogP contribution in [-0.2, 0) is 0 Å². The van der Waals surface area contributed by atoms with Crippen LogP contribution in [0.15, 0.2) is 30.3 Å². The molecule has 1 heterocycles. The Morgan fingerprint density at radius 3 is 2.43 bits per heavy atom. The normalized spacial score (nSPS) is 13.3. The van der Waals surface area contributed by atoms with Crippen LogP contribution in [0.2, 0.25) is 10.0 Å². The number of halogens is 3. The maximum atomic E-state index is 13.1. The molecule has 0 bridgehead atoms. The summed E-state index contributed by atoms with van der Waals surface area (Å²) in [6, 6.07) is 6.73. The average Bonchev–Trinajstić information content (AvgIpc) is 2.72. The minimum Gasteiger partial charge on any atom is -0.490 e. The van der Waals surface area contributed by atoms with Crippen molar-refractivity contribution >= 4 is 34.8 Å². The summed E-state index contributed by atoms with van der Waals surface area (Å²) in [5, 5.41) is 2.97. The van der Waals surface area contributed by atoms with Crippen LogP contribution in [-0.4, -0.2) is 19.1 Å². The molecule has 1 amide bonds. The number of hydrogen-bond donors (Lipinski definition) is 1. The first-order chi connectivity index (χ1) is 11.0. The quantitative estimate of drug-likeness (QED) is 0.859. The van der Waals surface area contributed by atoms with Gasteiger partial charge in [-0.3, -0.25) is 4.79 Å². The number of hydrogen-bond acceptors (Lipinski definition) is 3. The third-order valence-electron chi connectivity index (χ3n) is 3.26. The Morgan fingerprint density at radius 1 is 1.04 bits per heavy atom. The van der Waals surface area contributed by atoms with Crippen LogP contribution in [0.25, 0.3) is 0 Å². The molecule has 0 saturated carbocycles. The van der Waals surface area contributed by atoms with Gasteiger partial charge in [0.05, 0.1) is 34.5 Å². The van der Waals surface area contributed by atoms with Crippen LogP contribution in [0.4, 0.5) is 10.1 Å². The highest BCUT2D eigenvalue weighted by Gasteiger charge is 2.17. The van der Waals surface area contributed by atoms with Gasteiger partial charge in [-0.25, -0.2) is 4.39 Å². The molecule has 1 aliphatic rings. The van der Waals surface area contributed by atoms with Gasteiger partial charge in [0.2, 0.25) is 0 Å². The predicted molar refractivity (Wildman–Crippen MR) is 86.4 cm³/mol. The SMILES string of the molecule is O=C(Nc1cc2c(cc1Cl)OCCCO2)c1ccc(F)cc1Cl. The molecule has 0 spiro atoms. The van der Waals surface area contributed by atoms with Crippen molar-refractivity contribution in [2.75, 3.05) is 18.5 Å². The van der Waals surface area contributed by atoms with E-state index in [-0.39, 0.29) is 10.6 Å². The number of anilines is 1. The van der Waals surface area contributed by atoms with Gasteiger partial charge >= 0.3 is 0 Å². The number of amides is 1. The fourth-order valence-corrected chi connectivity index (χ4v) is 2.60. The Morgan fingerprint density at radius 2 is 1.74 bits per heavy atom. The zero-order valence-electron chi connectivity index (χ0n) is 11.9. The smallest absolute Gasteiger partial charge is 0.257 e. The second kappa shape index (κ2) is 6.64. The van der Waals surface area contributed by atoms with E-state index in [1.165, 1.54) is 6.07 Å². The maximum absolute atomic E-state index is 13.1. The molecule has 0 atom stereocenters. The van der Waals surface area contributed by atoms with Crippen molar-refractivity contribution in [3.63, 3.8) is 0 Å². The molecule has 2 aromatic rings. The first kappa shape index (κ1) is 15.9. The summed E-state index contributed by atoms with van der Waals surface area (Å²) in [5.41, 5.74) is 0.512. The zero-order chi connectivity index (χ0) is 16.4. The lowest BCUT2D eigenvalue weighted by atomic mass is 10.2. The van der Waals surface area contributed by atoms with Gasteiger partial charge in [0, 0.05) is 18.6 Å². The minimum absolute atomic E-state index is 0.0213. The van der Waals surface area contributed by atoms with E-state index in [2.05, 4.69) is 5.32 Å². The molecule has 0 saturated heterocycles. The zero-order valence-corrected chi connectivity index (χ0v) is 13.4. The van der Waals surface area contributed by atoms with Crippen LogP contribution in [0, 0.1) is 5.82 Å². The molecule has 7 heteroatoms. The lowest BCUT2D eigenvalue weighted by Crippen LogP contribution is -2.13. The van der Waals surface area contributed by atoms with Crippen molar-refractivity contribution in [3.05, 3.63) is 51.8 Å². The molecule has 23 heavy (non-hydrogen) atoms. The van der Waals surface area contributed by atoms with E-state index in [4.69, 9.17) is 32.7 Å². The second-order valence-corrected chi connectivity index (χ2v) is 5.72. The Kier molecular flexibility index (Phi) is 4.59. The number of nitrogens with one attached hydrogen (secondary N) is 1. The van der Waals surface area contributed by atoms with Gasteiger partial charge in [-0.2, -0.15) is 0 Å². The summed E-state index contributed by atoms with van der Waals surface area (Å²) in [6.07, 6.45) is 0.763.